The number of nitrogens with two attached hydrogens (primary N) is 2. The van der Waals surface area contributed by atoms with Gasteiger partial charge in [0.2, 0.25) is 0 Å². The number of para-hydroxylation sites is 1. The van der Waals surface area contributed by atoms with E-state index in [1.54, 1.807) is 0 Å². The van der Waals surface area contributed by atoms with Gasteiger partial charge in [-0.2, -0.15) is 0 Å². The van der Waals surface area contributed by atoms with Crippen molar-refractivity contribution in [3.8, 4) is 11.1 Å². The van der Waals surface area contributed by atoms with Crippen molar-refractivity contribution in [2.24, 2.45) is 0 Å². The Morgan fingerprint density at radius 2 is 1.95 bits per heavy atom. The average Bonchev–Trinajstić information content (AvgIpc) is 3.02. The number of thiophene rings is 1. The topological polar surface area (TPSA) is 80.7 Å². The molecule has 0 fully saturated rings. The summed E-state index contributed by atoms with van der Waals surface area (Å²) in [6.07, 6.45) is 2.00. The van der Waals surface area contributed by atoms with Gasteiger partial charge < -0.3 is 16.5 Å². The van der Waals surface area contributed by atoms with Crippen LogP contribution >= 0.6 is 11.3 Å². The van der Waals surface area contributed by atoms with Crippen molar-refractivity contribution in [2.75, 3.05) is 11.5 Å². The van der Waals surface area contributed by atoms with Crippen LogP contribution in [-0.4, -0.2) is 9.97 Å². The number of H-pyrrole nitrogens is 1. The summed E-state index contributed by atoms with van der Waals surface area (Å²) in [4.78, 5) is 8.51. The van der Waals surface area contributed by atoms with Gasteiger partial charge >= 0.3 is 0 Å². The van der Waals surface area contributed by atoms with Crippen LogP contribution in [0, 0.1) is 0 Å². The number of anilines is 2. The van der Waals surface area contributed by atoms with Gasteiger partial charge in [0, 0.05) is 33.4 Å². The number of aromatic amines is 1. The van der Waals surface area contributed by atoms with Gasteiger partial charge in [-0.15, -0.1) is 11.3 Å². The van der Waals surface area contributed by atoms with Gasteiger partial charge in [-0.25, -0.2) is 4.98 Å². The average molecular weight is 280 g/mol. The second-order valence-corrected chi connectivity index (χ2v) is 5.57. The molecule has 0 bridgehead atoms. The fourth-order valence-electron chi connectivity index (χ4n) is 2.59. The molecule has 5 heteroatoms. The molecule has 0 saturated carbocycles. The maximum atomic E-state index is 6.10. The highest BCUT2D eigenvalue weighted by molar-refractivity contribution is 7.17. The van der Waals surface area contributed by atoms with E-state index in [0.717, 1.165) is 37.9 Å². The van der Waals surface area contributed by atoms with Crippen LogP contribution in [0.5, 0.6) is 0 Å². The number of hydrogen-bond donors (Lipinski definition) is 3. The first-order valence-corrected chi connectivity index (χ1v) is 7.11. The molecule has 0 amide bonds. The van der Waals surface area contributed by atoms with Crippen LogP contribution in [0.15, 0.2) is 41.9 Å². The normalized spacial score (nSPS) is 11.4. The Morgan fingerprint density at radius 1 is 1.10 bits per heavy atom. The molecule has 98 valence electrons. The highest BCUT2D eigenvalue weighted by atomic mass is 32.1. The van der Waals surface area contributed by atoms with E-state index in [9.17, 15) is 0 Å². The highest BCUT2D eigenvalue weighted by Gasteiger charge is 2.14. The molecule has 3 aromatic heterocycles. The van der Waals surface area contributed by atoms with Crippen molar-refractivity contribution in [3.63, 3.8) is 0 Å². The predicted molar refractivity (Wildman–Crippen MR) is 85.7 cm³/mol. The lowest BCUT2D eigenvalue weighted by Crippen LogP contribution is -1.92. The van der Waals surface area contributed by atoms with Crippen molar-refractivity contribution < 1.29 is 0 Å². The first-order chi connectivity index (χ1) is 9.74. The van der Waals surface area contributed by atoms with Gasteiger partial charge in [0.1, 0.15) is 10.6 Å². The minimum absolute atomic E-state index is 0.514. The second kappa shape index (κ2) is 3.98. The van der Waals surface area contributed by atoms with Crippen LogP contribution in [-0.2, 0) is 0 Å². The lowest BCUT2D eigenvalue weighted by Gasteiger charge is -2.05. The molecule has 0 radical (unpaired) electrons. The zero-order chi connectivity index (χ0) is 13.7. The van der Waals surface area contributed by atoms with Crippen molar-refractivity contribution in [1.29, 1.82) is 0 Å². The van der Waals surface area contributed by atoms with E-state index < -0.39 is 0 Å². The minimum atomic E-state index is 0.514. The molecule has 4 aromatic rings. The standard InChI is InChI=1S/C15H12N4S/c16-11-7-20-15-14(11)9(5-13(17)19-15)10-6-18-12-4-2-1-3-8(10)12/h1-7,18H,16H2,(H2,17,19). The number of aromatic nitrogens is 2. The van der Waals surface area contributed by atoms with Crippen molar-refractivity contribution in [3.05, 3.63) is 41.9 Å². The molecule has 3 heterocycles. The van der Waals surface area contributed by atoms with Gasteiger partial charge in [0.15, 0.2) is 0 Å². The SMILES string of the molecule is Nc1cc(-c2c[nH]c3ccccc23)c2c(N)csc2n1. The molecule has 0 aliphatic heterocycles. The zero-order valence-corrected chi connectivity index (χ0v) is 11.4. The van der Waals surface area contributed by atoms with E-state index in [0.29, 0.717) is 5.82 Å². The Morgan fingerprint density at radius 3 is 2.85 bits per heavy atom. The first kappa shape index (κ1) is 11.3. The molecule has 0 atom stereocenters. The molecule has 0 aliphatic carbocycles. The molecule has 0 spiro atoms. The molecule has 5 N–H and O–H groups in total. The van der Waals surface area contributed by atoms with Crippen molar-refractivity contribution in [2.45, 2.75) is 0 Å². The maximum Gasteiger partial charge on any atom is 0.128 e. The number of benzene rings is 1. The summed E-state index contributed by atoms with van der Waals surface area (Å²) in [6.45, 7) is 0. The number of nitrogens with zero attached hydrogens (tertiary/aromatic N) is 1. The molecular formula is C15H12N4S. The van der Waals surface area contributed by atoms with E-state index >= 15 is 0 Å². The summed E-state index contributed by atoms with van der Waals surface area (Å²) in [5.74, 6) is 0.514. The van der Waals surface area contributed by atoms with E-state index in [-0.39, 0.29) is 0 Å². The second-order valence-electron chi connectivity index (χ2n) is 4.71. The molecule has 1 aromatic carbocycles. The molecule has 0 unspecified atom stereocenters. The molecule has 20 heavy (non-hydrogen) atoms. The third-order valence-electron chi connectivity index (χ3n) is 3.47. The van der Waals surface area contributed by atoms with Crippen molar-refractivity contribution >= 4 is 44.0 Å². The van der Waals surface area contributed by atoms with E-state index in [1.165, 1.54) is 11.3 Å². The smallest absolute Gasteiger partial charge is 0.128 e. The molecule has 0 aliphatic rings. The van der Waals surface area contributed by atoms with Crippen LogP contribution in [0.2, 0.25) is 0 Å². The maximum absolute atomic E-state index is 6.10. The number of fused-ring (bicyclic) bond motifs is 2. The largest absolute Gasteiger partial charge is 0.397 e. The summed E-state index contributed by atoms with van der Waals surface area (Å²) < 4.78 is 0. The minimum Gasteiger partial charge on any atom is -0.397 e. The Kier molecular flexibility index (Phi) is 2.25. The monoisotopic (exact) mass is 280 g/mol. The van der Waals surface area contributed by atoms with Crippen LogP contribution in [0.4, 0.5) is 11.5 Å². The molecule has 4 nitrogen and oxygen atoms in total. The third kappa shape index (κ3) is 1.50. The summed E-state index contributed by atoms with van der Waals surface area (Å²) in [5, 5.41) is 4.05. The number of pyridine rings is 1. The quantitative estimate of drug-likeness (QED) is 0.498. The van der Waals surface area contributed by atoms with E-state index in [2.05, 4.69) is 22.1 Å². The fraction of sp³-hybridized carbons (Fsp3) is 0. The van der Waals surface area contributed by atoms with Gasteiger partial charge in [-0.1, -0.05) is 18.2 Å². The Hall–Kier alpha value is -2.53. The van der Waals surface area contributed by atoms with Gasteiger partial charge in [-0.05, 0) is 17.7 Å². The number of nitrogen functional groups attached to an aromatic ring is 2. The van der Waals surface area contributed by atoms with Crippen LogP contribution in [0.1, 0.15) is 0 Å². The summed E-state index contributed by atoms with van der Waals surface area (Å²) in [7, 11) is 0. The lowest BCUT2D eigenvalue weighted by atomic mass is 10.0. The Labute approximate surface area is 119 Å². The summed E-state index contributed by atoms with van der Waals surface area (Å²) in [5.41, 5.74) is 16.0. The van der Waals surface area contributed by atoms with Gasteiger partial charge in [0.05, 0.1) is 5.69 Å². The molecule has 0 saturated heterocycles. The summed E-state index contributed by atoms with van der Waals surface area (Å²) in [6, 6.07) is 10.1. The van der Waals surface area contributed by atoms with Crippen LogP contribution in [0.25, 0.3) is 32.2 Å². The molecule has 4 rings (SSSR count). The fourth-order valence-corrected chi connectivity index (χ4v) is 3.45. The van der Waals surface area contributed by atoms with Gasteiger partial charge in [-0.3, -0.25) is 0 Å². The van der Waals surface area contributed by atoms with Gasteiger partial charge in [0.25, 0.3) is 0 Å². The Balaban J connectivity index is 2.14. The number of hydrogen-bond acceptors (Lipinski definition) is 4. The third-order valence-corrected chi connectivity index (χ3v) is 4.36. The zero-order valence-electron chi connectivity index (χ0n) is 10.6. The first-order valence-electron chi connectivity index (χ1n) is 6.24. The van der Waals surface area contributed by atoms with E-state index in [1.807, 2.05) is 29.8 Å². The summed E-state index contributed by atoms with van der Waals surface area (Å²) >= 11 is 1.52. The van der Waals surface area contributed by atoms with Crippen molar-refractivity contribution in [1.82, 2.24) is 9.97 Å². The number of nitrogens with one attached hydrogen (secondary N) is 1. The predicted octanol–water partition coefficient (Wildman–Crippen LogP) is 3.61. The lowest BCUT2D eigenvalue weighted by molar-refractivity contribution is 1.44. The van der Waals surface area contributed by atoms with Crippen LogP contribution < -0.4 is 11.5 Å². The highest BCUT2D eigenvalue weighted by Crippen LogP contribution is 2.39. The van der Waals surface area contributed by atoms with E-state index in [4.69, 9.17) is 11.5 Å². The number of rotatable bonds is 1. The molecular weight excluding hydrogens is 268 g/mol. The van der Waals surface area contributed by atoms with Crippen LogP contribution in [0.3, 0.4) is 0 Å². The Bertz CT molecular complexity index is 936.